The van der Waals surface area contributed by atoms with E-state index in [1.165, 1.54) is 16.1 Å². The maximum atomic E-state index is 12.8. The van der Waals surface area contributed by atoms with E-state index in [1.807, 2.05) is 0 Å². The highest BCUT2D eigenvalue weighted by Crippen LogP contribution is 2.31. The molecule has 0 saturated carbocycles. The van der Waals surface area contributed by atoms with Crippen molar-refractivity contribution in [3.63, 3.8) is 0 Å². The molecule has 3 rings (SSSR count). The number of hydrogen-bond donors (Lipinski definition) is 0. The van der Waals surface area contributed by atoms with Gasteiger partial charge in [0.25, 0.3) is 0 Å². The van der Waals surface area contributed by atoms with E-state index < -0.39 is 10.0 Å². The predicted molar refractivity (Wildman–Crippen MR) is 109 cm³/mol. The van der Waals surface area contributed by atoms with Crippen LogP contribution in [0, 0.1) is 0 Å². The first-order valence-corrected chi connectivity index (χ1v) is 12.2. The highest BCUT2D eigenvalue weighted by atomic mass is 32.2. The fourth-order valence-corrected chi connectivity index (χ4v) is 5.82. The third-order valence-corrected chi connectivity index (χ3v) is 7.71. The van der Waals surface area contributed by atoms with Crippen molar-refractivity contribution >= 4 is 39.3 Å². The van der Waals surface area contributed by atoms with E-state index >= 15 is 0 Å². The number of nitrogens with zero attached hydrogens (tertiary/aromatic N) is 2. The van der Waals surface area contributed by atoms with E-state index in [0.717, 1.165) is 36.9 Å². The smallest absolute Gasteiger partial charge is 0.315 e. The second-order valence-corrected chi connectivity index (χ2v) is 9.77. The van der Waals surface area contributed by atoms with Gasteiger partial charge in [-0.2, -0.15) is 4.31 Å². The van der Waals surface area contributed by atoms with Crippen LogP contribution >= 0.6 is 11.8 Å². The first-order valence-electron chi connectivity index (χ1n) is 9.60. The highest BCUT2D eigenvalue weighted by Gasteiger charge is 2.29. The number of thioether (sulfide) groups is 1. The molecule has 2 heterocycles. The minimum atomic E-state index is -3.46. The molecule has 0 aliphatic carbocycles. The van der Waals surface area contributed by atoms with Crippen LogP contribution in [0.2, 0.25) is 0 Å². The third kappa shape index (κ3) is 4.69. The third-order valence-electron chi connectivity index (χ3n) is 4.92. The predicted octanol–water partition coefficient (Wildman–Crippen LogP) is 2.05. The molecule has 1 aromatic carbocycles. The number of hydrogen-bond acceptors (Lipinski definition) is 6. The number of sulfonamides is 1. The molecule has 9 heteroatoms. The van der Waals surface area contributed by atoms with Gasteiger partial charge in [0.2, 0.25) is 15.9 Å². The van der Waals surface area contributed by atoms with Crippen LogP contribution in [0.1, 0.15) is 31.7 Å². The Hall–Kier alpha value is -1.58. The molecule has 1 fully saturated rings. The summed E-state index contributed by atoms with van der Waals surface area (Å²) < 4.78 is 32.0. The van der Waals surface area contributed by atoms with Crippen molar-refractivity contribution in [3.8, 4) is 0 Å². The zero-order valence-corrected chi connectivity index (χ0v) is 17.7. The molecule has 0 unspecified atom stereocenters. The number of carbonyl (C=O) groups is 2. The van der Waals surface area contributed by atoms with Gasteiger partial charge in [-0.25, -0.2) is 8.42 Å². The Labute approximate surface area is 170 Å². The van der Waals surface area contributed by atoms with Crippen LogP contribution in [0.5, 0.6) is 0 Å². The summed E-state index contributed by atoms with van der Waals surface area (Å²) in [5.74, 6) is -0.0687. The quantitative estimate of drug-likeness (QED) is 0.621. The lowest BCUT2D eigenvalue weighted by atomic mass is 10.0. The van der Waals surface area contributed by atoms with Crippen molar-refractivity contribution in [2.75, 3.05) is 42.6 Å². The van der Waals surface area contributed by atoms with Crippen LogP contribution < -0.4 is 4.90 Å². The largest absolute Gasteiger partial charge is 0.465 e. The first kappa shape index (κ1) is 21.1. The zero-order chi connectivity index (χ0) is 20.1. The van der Waals surface area contributed by atoms with Crippen LogP contribution in [0.4, 0.5) is 5.69 Å². The van der Waals surface area contributed by atoms with E-state index in [4.69, 9.17) is 4.74 Å². The average molecular weight is 427 g/mol. The number of amides is 1. The van der Waals surface area contributed by atoms with Gasteiger partial charge in [-0.3, -0.25) is 9.59 Å². The molecule has 1 saturated heterocycles. The number of carbonyl (C=O) groups excluding carboxylic acids is 2. The van der Waals surface area contributed by atoms with Crippen molar-refractivity contribution in [3.05, 3.63) is 23.8 Å². The van der Waals surface area contributed by atoms with Crippen LogP contribution in [0.3, 0.4) is 0 Å². The van der Waals surface area contributed by atoms with E-state index in [-0.39, 0.29) is 23.4 Å². The second-order valence-electron chi connectivity index (χ2n) is 6.85. The molecule has 1 amide bonds. The van der Waals surface area contributed by atoms with Gasteiger partial charge in [0.05, 0.1) is 23.0 Å². The first-order chi connectivity index (χ1) is 13.4. The number of anilines is 1. The Balaban J connectivity index is 1.70. The summed E-state index contributed by atoms with van der Waals surface area (Å²) in [6, 6.07) is 5.06. The van der Waals surface area contributed by atoms with E-state index in [2.05, 4.69) is 0 Å². The number of aryl methyl sites for hydroxylation is 1. The number of rotatable bonds is 7. The van der Waals surface area contributed by atoms with Gasteiger partial charge in [0, 0.05) is 25.3 Å². The highest BCUT2D eigenvalue weighted by molar-refractivity contribution is 8.00. The van der Waals surface area contributed by atoms with Crippen molar-refractivity contribution in [2.45, 2.75) is 37.5 Å². The Morgan fingerprint density at radius 3 is 2.57 bits per heavy atom. The minimum absolute atomic E-state index is 0.0783. The molecule has 0 N–H and O–H groups in total. The summed E-state index contributed by atoms with van der Waals surface area (Å²) in [5.41, 5.74) is 1.66. The minimum Gasteiger partial charge on any atom is -0.465 e. The monoisotopic (exact) mass is 426 g/mol. The SMILES string of the molecule is CCOC(=O)CSCC(=O)N1CCCc2cc(S(=O)(=O)N3CCCC3)ccc21. The average Bonchev–Trinajstić information content (AvgIpc) is 3.23. The fraction of sp³-hybridized carbons (Fsp3) is 0.579. The molecule has 7 nitrogen and oxygen atoms in total. The van der Waals surface area contributed by atoms with Gasteiger partial charge in [0.15, 0.2) is 0 Å². The number of esters is 1. The molecular formula is C19H26N2O5S2. The lowest BCUT2D eigenvalue weighted by Gasteiger charge is -2.30. The van der Waals surface area contributed by atoms with Gasteiger partial charge in [-0.15, -0.1) is 11.8 Å². The van der Waals surface area contributed by atoms with Crippen molar-refractivity contribution in [2.24, 2.45) is 0 Å². The molecule has 0 radical (unpaired) electrons. The standard InChI is InChI=1S/C19H26N2O5S2/c1-2-26-19(23)14-27-13-18(22)21-11-5-6-15-12-16(7-8-17(15)21)28(24,25)20-9-3-4-10-20/h7-8,12H,2-6,9-11,13-14H2,1H3. The molecule has 1 aromatic rings. The number of fused-ring (bicyclic) bond motifs is 1. The molecular weight excluding hydrogens is 400 g/mol. The van der Waals surface area contributed by atoms with Crippen molar-refractivity contribution in [1.29, 1.82) is 0 Å². The van der Waals surface area contributed by atoms with E-state index in [9.17, 15) is 18.0 Å². The van der Waals surface area contributed by atoms with Crippen LogP contribution in [0.25, 0.3) is 0 Å². The Bertz CT molecular complexity index is 835. The van der Waals surface area contributed by atoms with Gasteiger partial charge in [0.1, 0.15) is 0 Å². The van der Waals surface area contributed by atoms with Crippen LogP contribution in [-0.2, 0) is 30.8 Å². The molecule has 0 atom stereocenters. The van der Waals surface area contributed by atoms with E-state index in [0.29, 0.717) is 31.1 Å². The van der Waals surface area contributed by atoms with Crippen molar-refractivity contribution < 1.29 is 22.7 Å². The van der Waals surface area contributed by atoms with Crippen LogP contribution in [-0.4, -0.2) is 62.3 Å². The van der Waals surface area contributed by atoms with Gasteiger partial charge >= 0.3 is 5.97 Å². The summed E-state index contributed by atoms with van der Waals surface area (Å²) in [4.78, 5) is 26.0. The van der Waals surface area contributed by atoms with Gasteiger partial charge in [-0.05, 0) is 56.4 Å². The summed E-state index contributed by atoms with van der Waals surface area (Å²) in [5, 5.41) is 0. The molecule has 0 aromatic heterocycles. The van der Waals surface area contributed by atoms with Gasteiger partial charge < -0.3 is 9.64 Å². The lowest BCUT2D eigenvalue weighted by molar-refractivity contribution is -0.139. The summed E-state index contributed by atoms with van der Waals surface area (Å²) in [7, 11) is -3.46. The maximum Gasteiger partial charge on any atom is 0.315 e. The summed E-state index contributed by atoms with van der Waals surface area (Å²) in [6.45, 7) is 3.82. The normalized spacial score (nSPS) is 17.4. The molecule has 2 aliphatic rings. The Kier molecular flexibility index (Phi) is 7.00. The lowest BCUT2D eigenvalue weighted by Crippen LogP contribution is -2.37. The molecule has 28 heavy (non-hydrogen) atoms. The molecule has 154 valence electrons. The fourth-order valence-electron chi connectivity index (χ4n) is 3.57. The zero-order valence-electron chi connectivity index (χ0n) is 16.1. The Morgan fingerprint density at radius 1 is 1.11 bits per heavy atom. The summed E-state index contributed by atoms with van der Waals surface area (Å²) >= 11 is 1.23. The number of benzene rings is 1. The number of ether oxygens (including phenoxy) is 1. The maximum absolute atomic E-state index is 12.8. The molecule has 2 aliphatic heterocycles. The van der Waals surface area contributed by atoms with Gasteiger partial charge in [-0.1, -0.05) is 0 Å². The van der Waals surface area contributed by atoms with E-state index in [1.54, 1.807) is 30.0 Å². The summed E-state index contributed by atoms with van der Waals surface area (Å²) in [6.07, 6.45) is 3.33. The second kappa shape index (κ2) is 9.28. The van der Waals surface area contributed by atoms with Crippen LogP contribution in [0.15, 0.2) is 23.1 Å². The molecule has 0 spiro atoms. The van der Waals surface area contributed by atoms with Crippen molar-refractivity contribution in [1.82, 2.24) is 4.31 Å². The topological polar surface area (TPSA) is 84.0 Å². The molecule has 0 bridgehead atoms. The Morgan fingerprint density at radius 2 is 1.86 bits per heavy atom.